The Kier molecular flexibility index (Phi) is 4.92. The molecule has 0 spiro atoms. The van der Waals surface area contributed by atoms with Crippen LogP contribution in [0, 0.1) is 13.8 Å². The maximum Gasteiger partial charge on any atom is 0.416 e. The lowest BCUT2D eigenvalue weighted by molar-refractivity contribution is -0.137. The van der Waals surface area contributed by atoms with Crippen LogP contribution < -0.4 is 5.32 Å². The molecule has 3 nitrogen and oxygen atoms in total. The fourth-order valence-electron chi connectivity index (χ4n) is 2.38. The Bertz CT molecular complexity index is 679. The second-order valence-corrected chi connectivity index (χ2v) is 5.58. The van der Waals surface area contributed by atoms with E-state index in [0.717, 1.165) is 40.9 Å². The number of anilines is 1. The topological polar surface area (TPSA) is 37.8 Å². The fourth-order valence-corrected chi connectivity index (χ4v) is 2.38. The molecule has 2 aromatic rings. The summed E-state index contributed by atoms with van der Waals surface area (Å²) >= 11 is 0. The molecule has 23 heavy (non-hydrogen) atoms. The lowest BCUT2D eigenvalue weighted by atomic mass is 10.0. The molecule has 1 aromatic heterocycles. The predicted molar refractivity (Wildman–Crippen MR) is 84.4 cm³/mol. The van der Waals surface area contributed by atoms with Crippen LogP contribution >= 0.6 is 0 Å². The lowest BCUT2D eigenvalue weighted by Crippen LogP contribution is -2.12. The molecule has 0 saturated carbocycles. The summed E-state index contributed by atoms with van der Waals surface area (Å²) in [5.41, 5.74) is 3.17. The Hall–Kier alpha value is -2.11. The van der Waals surface area contributed by atoms with Crippen molar-refractivity contribution in [1.82, 2.24) is 10.2 Å². The molecule has 0 aliphatic rings. The van der Waals surface area contributed by atoms with Crippen molar-refractivity contribution < 1.29 is 13.2 Å². The number of benzene rings is 1. The first-order valence-electron chi connectivity index (χ1n) is 7.50. The van der Waals surface area contributed by atoms with Crippen molar-refractivity contribution in [1.29, 1.82) is 0 Å². The predicted octanol–water partition coefficient (Wildman–Crippen LogP) is 4.85. The first-order chi connectivity index (χ1) is 10.7. The van der Waals surface area contributed by atoms with Crippen LogP contribution in [-0.2, 0) is 12.6 Å². The summed E-state index contributed by atoms with van der Waals surface area (Å²) in [5.74, 6) is 0.659. The molecular weight excluding hydrogens is 303 g/mol. The molecule has 0 saturated heterocycles. The summed E-state index contributed by atoms with van der Waals surface area (Å²) in [6.45, 7) is 7.86. The highest BCUT2D eigenvalue weighted by molar-refractivity contribution is 5.49. The number of aromatic nitrogens is 2. The second kappa shape index (κ2) is 6.56. The van der Waals surface area contributed by atoms with Crippen LogP contribution in [0.1, 0.15) is 47.8 Å². The molecular formula is C17H20F3N3. The Morgan fingerprint density at radius 1 is 1.04 bits per heavy atom. The first kappa shape index (κ1) is 17.2. The van der Waals surface area contributed by atoms with Crippen molar-refractivity contribution >= 4 is 5.82 Å². The number of nitrogens with zero attached hydrogens (tertiary/aromatic N) is 2. The van der Waals surface area contributed by atoms with E-state index in [-0.39, 0.29) is 6.04 Å². The van der Waals surface area contributed by atoms with Crippen molar-refractivity contribution in [3.05, 3.63) is 52.2 Å². The van der Waals surface area contributed by atoms with Gasteiger partial charge in [0.25, 0.3) is 0 Å². The molecule has 1 heterocycles. The summed E-state index contributed by atoms with van der Waals surface area (Å²) < 4.78 is 37.8. The van der Waals surface area contributed by atoms with Gasteiger partial charge in [0.15, 0.2) is 5.82 Å². The van der Waals surface area contributed by atoms with Crippen molar-refractivity contribution in [3.8, 4) is 0 Å². The van der Waals surface area contributed by atoms with E-state index in [1.165, 1.54) is 12.1 Å². The zero-order chi connectivity index (χ0) is 17.2. The van der Waals surface area contributed by atoms with Gasteiger partial charge in [-0.15, -0.1) is 5.10 Å². The maximum absolute atomic E-state index is 12.6. The maximum atomic E-state index is 12.6. The summed E-state index contributed by atoms with van der Waals surface area (Å²) in [5, 5.41) is 11.6. The molecule has 124 valence electrons. The molecule has 0 bridgehead atoms. The minimum atomic E-state index is -4.32. The molecule has 6 heteroatoms. The van der Waals surface area contributed by atoms with Gasteiger partial charge in [-0.3, -0.25) is 0 Å². The SMILES string of the molecule is CCc1nnc(N[C@@H](C)c2ccc(C(F)(F)F)cc2)c(C)c1C. The highest BCUT2D eigenvalue weighted by Gasteiger charge is 2.30. The van der Waals surface area contributed by atoms with E-state index in [9.17, 15) is 13.2 Å². The summed E-state index contributed by atoms with van der Waals surface area (Å²) in [6, 6.07) is 4.99. The van der Waals surface area contributed by atoms with Gasteiger partial charge in [0.1, 0.15) is 0 Å². The number of rotatable bonds is 4. The third-order valence-corrected chi connectivity index (χ3v) is 4.05. The number of alkyl halides is 3. The van der Waals surface area contributed by atoms with Crippen LogP contribution in [0.15, 0.2) is 24.3 Å². The Morgan fingerprint density at radius 3 is 2.17 bits per heavy atom. The van der Waals surface area contributed by atoms with Crippen molar-refractivity contribution in [3.63, 3.8) is 0 Å². The molecule has 1 N–H and O–H groups in total. The van der Waals surface area contributed by atoms with E-state index in [1.54, 1.807) is 0 Å². The Labute approximate surface area is 133 Å². The molecule has 0 radical (unpaired) electrons. The second-order valence-electron chi connectivity index (χ2n) is 5.58. The minimum absolute atomic E-state index is 0.169. The summed E-state index contributed by atoms with van der Waals surface area (Å²) in [7, 11) is 0. The zero-order valence-corrected chi connectivity index (χ0v) is 13.6. The van der Waals surface area contributed by atoms with Crippen LogP contribution in [0.3, 0.4) is 0 Å². The third-order valence-electron chi connectivity index (χ3n) is 4.05. The smallest absolute Gasteiger partial charge is 0.362 e. The van der Waals surface area contributed by atoms with E-state index in [4.69, 9.17) is 0 Å². The van der Waals surface area contributed by atoms with Gasteiger partial charge in [-0.05, 0) is 56.0 Å². The summed E-state index contributed by atoms with van der Waals surface area (Å²) in [4.78, 5) is 0. The van der Waals surface area contributed by atoms with E-state index < -0.39 is 11.7 Å². The molecule has 0 fully saturated rings. The van der Waals surface area contributed by atoms with Gasteiger partial charge in [-0.2, -0.15) is 18.3 Å². The fraction of sp³-hybridized carbons (Fsp3) is 0.412. The van der Waals surface area contributed by atoms with Crippen LogP contribution in [0.25, 0.3) is 0 Å². The van der Waals surface area contributed by atoms with Gasteiger partial charge in [0, 0.05) is 0 Å². The lowest BCUT2D eigenvalue weighted by Gasteiger charge is -2.18. The number of halogens is 3. The number of hydrogen-bond acceptors (Lipinski definition) is 3. The minimum Gasteiger partial charge on any atom is -0.362 e. The normalized spacial score (nSPS) is 13.0. The average molecular weight is 323 g/mol. The van der Waals surface area contributed by atoms with Gasteiger partial charge in [0.2, 0.25) is 0 Å². The molecule has 0 aliphatic carbocycles. The average Bonchev–Trinajstić information content (AvgIpc) is 2.51. The van der Waals surface area contributed by atoms with Crippen LogP contribution in [0.2, 0.25) is 0 Å². The Morgan fingerprint density at radius 2 is 1.65 bits per heavy atom. The highest BCUT2D eigenvalue weighted by Crippen LogP contribution is 2.30. The van der Waals surface area contributed by atoms with Crippen LogP contribution in [0.4, 0.5) is 19.0 Å². The van der Waals surface area contributed by atoms with E-state index in [1.807, 2.05) is 27.7 Å². The van der Waals surface area contributed by atoms with Gasteiger partial charge < -0.3 is 5.32 Å². The van der Waals surface area contributed by atoms with E-state index in [2.05, 4.69) is 15.5 Å². The van der Waals surface area contributed by atoms with Crippen LogP contribution in [0.5, 0.6) is 0 Å². The first-order valence-corrected chi connectivity index (χ1v) is 7.50. The number of hydrogen-bond donors (Lipinski definition) is 1. The van der Waals surface area contributed by atoms with Crippen molar-refractivity contribution in [2.24, 2.45) is 0 Å². The molecule has 0 unspecified atom stereocenters. The molecule has 0 amide bonds. The van der Waals surface area contributed by atoms with Gasteiger partial charge in [0.05, 0.1) is 17.3 Å². The van der Waals surface area contributed by atoms with Gasteiger partial charge in [-0.1, -0.05) is 19.1 Å². The van der Waals surface area contributed by atoms with Crippen molar-refractivity contribution in [2.45, 2.75) is 46.3 Å². The highest BCUT2D eigenvalue weighted by atomic mass is 19.4. The zero-order valence-electron chi connectivity index (χ0n) is 13.6. The number of aryl methyl sites for hydroxylation is 1. The van der Waals surface area contributed by atoms with Gasteiger partial charge in [-0.25, -0.2) is 0 Å². The van der Waals surface area contributed by atoms with Crippen molar-refractivity contribution in [2.75, 3.05) is 5.32 Å². The van der Waals surface area contributed by atoms with Gasteiger partial charge >= 0.3 is 6.18 Å². The Balaban J connectivity index is 2.19. The quantitative estimate of drug-likeness (QED) is 0.874. The van der Waals surface area contributed by atoms with Crippen LogP contribution in [-0.4, -0.2) is 10.2 Å². The molecule has 2 rings (SSSR count). The van der Waals surface area contributed by atoms with E-state index >= 15 is 0 Å². The standard InChI is InChI=1S/C17H20F3N3/c1-5-15-10(2)11(3)16(23-22-15)21-12(4)13-6-8-14(9-7-13)17(18,19)20/h6-9,12H,5H2,1-4H3,(H,21,23)/t12-/m0/s1. The number of nitrogens with one attached hydrogen (secondary N) is 1. The molecule has 0 aliphatic heterocycles. The monoisotopic (exact) mass is 323 g/mol. The third kappa shape index (κ3) is 3.81. The largest absolute Gasteiger partial charge is 0.416 e. The molecule has 1 aromatic carbocycles. The summed E-state index contributed by atoms with van der Waals surface area (Å²) in [6.07, 6.45) is -3.50. The van der Waals surface area contributed by atoms with E-state index in [0.29, 0.717) is 5.82 Å². The molecule has 1 atom stereocenters.